The summed E-state index contributed by atoms with van der Waals surface area (Å²) in [6.07, 6.45) is 1.68. The number of ether oxygens (including phenoxy) is 1. The maximum atomic E-state index is 11.9. The summed E-state index contributed by atoms with van der Waals surface area (Å²) in [5, 5.41) is 18.9. The zero-order valence-electron chi connectivity index (χ0n) is 13.0. The van der Waals surface area contributed by atoms with Crippen LogP contribution in [0.25, 0.3) is 0 Å². The van der Waals surface area contributed by atoms with Gasteiger partial charge in [-0.2, -0.15) is 5.10 Å². The second-order valence-corrected chi connectivity index (χ2v) is 5.30. The van der Waals surface area contributed by atoms with Crippen LogP contribution in [0.4, 0.5) is 11.5 Å². The maximum Gasteiger partial charge on any atom is 0.325 e. The molecular weight excluding hydrogens is 336 g/mol. The third-order valence-corrected chi connectivity index (χ3v) is 3.27. The number of rotatable bonds is 8. The van der Waals surface area contributed by atoms with Gasteiger partial charge in [0, 0.05) is 30.3 Å². The van der Waals surface area contributed by atoms with Crippen LogP contribution in [0.3, 0.4) is 0 Å². The third-order valence-electron chi connectivity index (χ3n) is 3.03. The van der Waals surface area contributed by atoms with E-state index in [1.54, 1.807) is 25.3 Å². The zero-order chi connectivity index (χ0) is 17.5. The molecule has 1 amide bonds. The average molecular weight is 353 g/mol. The number of hydrogen-bond donors (Lipinski definition) is 3. The summed E-state index contributed by atoms with van der Waals surface area (Å²) in [5.74, 6) is -0.312. The first kappa shape index (κ1) is 17.6. The summed E-state index contributed by atoms with van der Waals surface area (Å²) in [4.78, 5) is 22.5. The third kappa shape index (κ3) is 5.17. The molecule has 0 atom stereocenters. The van der Waals surface area contributed by atoms with Crippen molar-refractivity contribution in [1.82, 2.24) is 9.78 Å². The normalized spacial score (nSPS) is 10.2. The predicted octanol–water partition coefficient (Wildman–Crippen LogP) is 2.07. The molecule has 2 rings (SSSR count). The lowest BCUT2D eigenvalue weighted by Gasteiger charge is -2.11. The largest absolute Gasteiger partial charge is 0.495 e. The van der Waals surface area contributed by atoms with Gasteiger partial charge in [0.05, 0.1) is 12.8 Å². The van der Waals surface area contributed by atoms with Crippen molar-refractivity contribution in [2.75, 3.05) is 24.3 Å². The Balaban J connectivity index is 1.82. The molecule has 0 saturated carbocycles. The topological polar surface area (TPSA) is 105 Å². The summed E-state index contributed by atoms with van der Waals surface area (Å²) in [7, 11) is 1.55. The molecule has 0 aliphatic rings. The molecule has 0 aliphatic heterocycles. The fraction of sp³-hybridized carbons (Fsp3) is 0.267. The van der Waals surface area contributed by atoms with Gasteiger partial charge in [-0.3, -0.25) is 14.3 Å². The van der Waals surface area contributed by atoms with Gasteiger partial charge in [0.15, 0.2) is 5.82 Å². The average Bonchev–Trinajstić information content (AvgIpc) is 2.93. The number of benzene rings is 1. The Kier molecular flexibility index (Phi) is 6.02. The first-order valence-corrected chi connectivity index (χ1v) is 7.48. The number of carboxylic acid groups (broad SMARTS) is 1. The van der Waals surface area contributed by atoms with Crippen molar-refractivity contribution in [3.05, 3.63) is 35.5 Å². The monoisotopic (exact) mass is 352 g/mol. The number of nitrogens with one attached hydrogen (secondary N) is 2. The molecule has 0 spiro atoms. The Morgan fingerprint density at radius 1 is 1.38 bits per heavy atom. The molecule has 0 bridgehead atoms. The minimum absolute atomic E-state index is 0.196. The van der Waals surface area contributed by atoms with Crippen LogP contribution in [0.1, 0.15) is 6.42 Å². The van der Waals surface area contributed by atoms with Crippen molar-refractivity contribution in [3.8, 4) is 5.75 Å². The summed E-state index contributed by atoms with van der Waals surface area (Å²) < 4.78 is 6.43. The molecular formula is C15H17ClN4O4. The summed E-state index contributed by atoms with van der Waals surface area (Å²) >= 11 is 5.93. The first-order valence-electron chi connectivity index (χ1n) is 7.10. The molecule has 9 heteroatoms. The second kappa shape index (κ2) is 8.21. The van der Waals surface area contributed by atoms with E-state index in [0.717, 1.165) is 0 Å². The number of hydrogen-bond acceptors (Lipinski definition) is 5. The van der Waals surface area contributed by atoms with Crippen LogP contribution in [0.15, 0.2) is 30.5 Å². The van der Waals surface area contributed by atoms with Crippen LogP contribution in [-0.4, -0.2) is 40.4 Å². The van der Waals surface area contributed by atoms with E-state index in [1.165, 1.54) is 16.9 Å². The molecule has 0 radical (unpaired) electrons. The van der Waals surface area contributed by atoms with Crippen molar-refractivity contribution < 1.29 is 19.4 Å². The Labute approximate surface area is 143 Å². The van der Waals surface area contributed by atoms with E-state index in [0.29, 0.717) is 28.8 Å². The number of carbonyl (C=O) groups excluding carboxylic acids is 1. The predicted molar refractivity (Wildman–Crippen MR) is 89.6 cm³/mol. The number of nitrogens with zero attached hydrogens (tertiary/aromatic N) is 2. The molecule has 2 aromatic rings. The lowest BCUT2D eigenvalue weighted by Crippen LogP contribution is -2.17. The Morgan fingerprint density at radius 2 is 2.17 bits per heavy atom. The van der Waals surface area contributed by atoms with Crippen molar-refractivity contribution in [3.63, 3.8) is 0 Å². The summed E-state index contributed by atoms with van der Waals surface area (Å²) in [6.45, 7) is 0.115. The van der Waals surface area contributed by atoms with E-state index < -0.39 is 5.97 Å². The van der Waals surface area contributed by atoms with E-state index in [1.807, 2.05) is 0 Å². The maximum absolute atomic E-state index is 11.9. The molecule has 1 aromatic carbocycles. The minimum Gasteiger partial charge on any atom is -0.495 e. The van der Waals surface area contributed by atoms with Crippen LogP contribution in [0.2, 0.25) is 5.02 Å². The number of methoxy groups -OCH3 is 1. The van der Waals surface area contributed by atoms with Gasteiger partial charge in [0.2, 0.25) is 5.91 Å². The number of amides is 1. The zero-order valence-corrected chi connectivity index (χ0v) is 13.7. The van der Waals surface area contributed by atoms with Crippen molar-refractivity contribution >= 4 is 35.0 Å². The van der Waals surface area contributed by atoms with Gasteiger partial charge in [-0.25, -0.2) is 0 Å². The van der Waals surface area contributed by atoms with Gasteiger partial charge >= 0.3 is 5.97 Å². The van der Waals surface area contributed by atoms with E-state index in [4.69, 9.17) is 21.4 Å². The fourth-order valence-electron chi connectivity index (χ4n) is 1.99. The Bertz CT molecular complexity index is 732. The highest BCUT2D eigenvalue weighted by atomic mass is 35.5. The molecule has 1 heterocycles. The van der Waals surface area contributed by atoms with Crippen LogP contribution in [0.5, 0.6) is 5.75 Å². The van der Waals surface area contributed by atoms with Gasteiger partial charge in [0.25, 0.3) is 0 Å². The van der Waals surface area contributed by atoms with Gasteiger partial charge < -0.3 is 20.5 Å². The standard InChI is InChI=1S/C15H17ClN4O4/c1-24-12-3-2-10(16)8-11(12)17-6-4-14(21)18-13-5-7-20(19-13)9-15(22)23/h2-3,5,7-8,17H,4,6,9H2,1H3,(H,22,23)(H,18,19,21). The molecule has 0 unspecified atom stereocenters. The van der Waals surface area contributed by atoms with Gasteiger partial charge in [0.1, 0.15) is 12.3 Å². The Hall–Kier alpha value is -2.74. The summed E-state index contributed by atoms with van der Waals surface area (Å²) in [6, 6.07) is 6.70. The highest BCUT2D eigenvalue weighted by molar-refractivity contribution is 6.30. The number of halogens is 1. The second-order valence-electron chi connectivity index (χ2n) is 4.86. The van der Waals surface area contributed by atoms with Crippen LogP contribution in [-0.2, 0) is 16.1 Å². The highest BCUT2D eigenvalue weighted by Gasteiger charge is 2.08. The molecule has 1 aromatic heterocycles. The highest BCUT2D eigenvalue weighted by Crippen LogP contribution is 2.27. The Morgan fingerprint density at radius 3 is 2.88 bits per heavy atom. The molecule has 0 saturated heterocycles. The van der Waals surface area contributed by atoms with Crippen molar-refractivity contribution in [2.24, 2.45) is 0 Å². The van der Waals surface area contributed by atoms with Crippen LogP contribution < -0.4 is 15.4 Å². The first-order chi connectivity index (χ1) is 11.5. The van der Waals surface area contributed by atoms with E-state index in [2.05, 4.69) is 15.7 Å². The number of aromatic nitrogens is 2. The molecule has 128 valence electrons. The van der Waals surface area contributed by atoms with Crippen LogP contribution >= 0.6 is 11.6 Å². The number of carboxylic acids is 1. The van der Waals surface area contributed by atoms with Crippen molar-refractivity contribution in [2.45, 2.75) is 13.0 Å². The van der Waals surface area contributed by atoms with Gasteiger partial charge in [-0.15, -0.1) is 0 Å². The number of anilines is 2. The van der Waals surface area contributed by atoms with E-state index in [9.17, 15) is 9.59 Å². The number of carbonyl (C=O) groups is 2. The molecule has 24 heavy (non-hydrogen) atoms. The van der Waals surface area contributed by atoms with Gasteiger partial charge in [-0.1, -0.05) is 11.6 Å². The lowest BCUT2D eigenvalue weighted by atomic mass is 10.2. The molecule has 0 aliphatic carbocycles. The van der Waals surface area contributed by atoms with Gasteiger partial charge in [-0.05, 0) is 18.2 Å². The summed E-state index contributed by atoms with van der Waals surface area (Å²) in [5.41, 5.74) is 0.698. The lowest BCUT2D eigenvalue weighted by molar-refractivity contribution is -0.137. The SMILES string of the molecule is COc1ccc(Cl)cc1NCCC(=O)Nc1ccn(CC(=O)O)n1. The molecule has 8 nitrogen and oxygen atoms in total. The quantitative estimate of drug-likeness (QED) is 0.671. The minimum atomic E-state index is -1.00. The van der Waals surface area contributed by atoms with Crippen LogP contribution in [0, 0.1) is 0 Å². The van der Waals surface area contributed by atoms with Crippen molar-refractivity contribution in [1.29, 1.82) is 0 Å². The van der Waals surface area contributed by atoms with E-state index >= 15 is 0 Å². The molecule has 3 N–H and O–H groups in total. The smallest absolute Gasteiger partial charge is 0.325 e. The number of aliphatic carboxylic acids is 1. The fourth-order valence-corrected chi connectivity index (χ4v) is 2.16. The molecule has 0 fully saturated rings. The van der Waals surface area contributed by atoms with E-state index in [-0.39, 0.29) is 18.9 Å².